The second kappa shape index (κ2) is 8.29. The van der Waals surface area contributed by atoms with Crippen molar-refractivity contribution in [3.8, 4) is 0 Å². The number of hydrogen-bond acceptors (Lipinski definition) is 5. The van der Waals surface area contributed by atoms with Crippen LogP contribution in [0.4, 0.5) is 0 Å². The Balaban J connectivity index is 1.98. The largest absolute Gasteiger partial charge is 0.462 e. The molecule has 1 aromatic heterocycles. The molecule has 1 rings (SSSR count). The molecule has 1 aromatic rings. The average Bonchev–Trinajstić information content (AvgIpc) is 2.76. The Morgan fingerprint density at radius 3 is 2.75 bits per heavy atom. The number of nitrogens with one attached hydrogen (secondary N) is 1. The lowest BCUT2D eigenvalue weighted by atomic mass is 10.4. The lowest BCUT2D eigenvalue weighted by Crippen LogP contribution is -2.19. The fourth-order valence-electron chi connectivity index (χ4n) is 1.20. The third-order valence-electron chi connectivity index (χ3n) is 2.03. The smallest absolute Gasteiger partial charge is 0.129 e. The quantitative estimate of drug-likeness (QED) is 0.605. The van der Waals surface area contributed by atoms with E-state index in [1.165, 1.54) is 0 Å². The lowest BCUT2D eigenvalue weighted by molar-refractivity contribution is 0.0717. The Hall–Kier alpha value is -0.880. The molecule has 92 valence electrons. The minimum atomic E-state index is -0.0554. The van der Waals surface area contributed by atoms with Crippen molar-refractivity contribution in [3.63, 3.8) is 0 Å². The highest BCUT2D eigenvalue weighted by atomic mass is 16.5. The first-order valence-corrected chi connectivity index (χ1v) is 5.32. The molecule has 5 nitrogen and oxygen atoms in total. The van der Waals surface area contributed by atoms with E-state index in [2.05, 4.69) is 5.32 Å². The zero-order chi connectivity index (χ0) is 11.6. The summed E-state index contributed by atoms with van der Waals surface area (Å²) >= 11 is 0. The molecule has 0 atom stereocenters. The maximum atomic E-state index is 8.80. The van der Waals surface area contributed by atoms with E-state index in [0.717, 1.165) is 12.3 Å². The molecule has 16 heavy (non-hydrogen) atoms. The minimum absolute atomic E-state index is 0.0554. The van der Waals surface area contributed by atoms with Crippen molar-refractivity contribution >= 4 is 0 Å². The van der Waals surface area contributed by atoms with Crippen LogP contribution in [0.15, 0.2) is 16.5 Å². The number of aliphatic hydroxyl groups is 1. The van der Waals surface area contributed by atoms with Gasteiger partial charge >= 0.3 is 0 Å². The maximum absolute atomic E-state index is 8.80. The standard InChI is InChI=1S/C11H19NO4/c1-14-6-7-15-5-4-12-8-10-2-3-11(9-13)16-10/h2-3,12-13H,4-9H2,1H3. The molecule has 0 saturated carbocycles. The molecule has 0 saturated heterocycles. The summed E-state index contributed by atoms with van der Waals surface area (Å²) in [7, 11) is 1.65. The van der Waals surface area contributed by atoms with Crippen molar-refractivity contribution in [1.82, 2.24) is 5.32 Å². The first-order chi connectivity index (χ1) is 7.86. The van der Waals surface area contributed by atoms with E-state index in [-0.39, 0.29) is 6.61 Å². The van der Waals surface area contributed by atoms with E-state index in [1.54, 1.807) is 13.2 Å². The normalized spacial score (nSPS) is 10.9. The van der Waals surface area contributed by atoms with Crippen molar-refractivity contribution in [2.24, 2.45) is 0 Å². The van der Waals surface area contributed by atoms with Gasteiger partial charge in [0, 0.05) is 13.7 Å². The lowest BCUT2D eigenvalue weighted by Gasteiger charge is -2.04. The van der Waals surface area contributed by atoms with Crippen molar-refractivity contribution in [2.45, 2.75) is 13.2 Å². The molecule has 0 bridgehead atoms. The van der Waals surface area contributed by atoms with Gasteiger partial charge < -0.3 is 24.3 Å². The molecule has 0 radical (unpaired) electrons. The minimum Gasteiger partial charge on any atom is -0.462 e. The first-order valence-electron chi connectivity index (χ1n) is 5.32. The fraction of sp³-hybridized carbons (Fsp3) is 0.636. The van der Waals surface area contributed by atoms with E-state index < -0.39 is 0 Å². The summed E-state index contributed by atoms with van der Waals surface area (Å²) in [6.45, 7) is 3.25. The molecule has 0 spiro atoms. The SMILES string of the molecule is COCCOCCNCc1ccc(CO)o1. The predicted octanol–water partition coefficient (Wildman–Crippen LogP) is 0.524. The van der Waals surface area contributed by atoms with Crippen LogP contribution in [0.5, 0.6) is 0 Å². The Morgan fingerprint density at radius 2 is 2.06 bits per heavy atom. The van der Waals surface area contributed by atoms with Crippen molar-refractivity contribution in [3.05, 3.63) is 23.7 Å². The number of aliphatic hydroxyl groups excluding tert-OH is 1. The number of rotatable bonds is 9. The van der Waals surface area contributed by atoms with Gasteiger partial charge in [-0.3, -0.25) is 0 Å². The highest BCUT2D eigenvalue weighted by molar-refractivity contribution is 5.05. The van der Waals surface area contributed by atoms with Crippen LogP contribution in [-0.2, 0) is 22.6 Å². The summed E-state index contributed by atoms with van der Waals surface area (Å²) in [6, 6.07) is 3.62. The molecule has 0 amide bonds. The summed E-state index contributed by atoms with van der Waals surface area (Å²) in [4.78, 5) is 0. The zero-order valence-electron chi connectivity index (χ0n) is 9.57. The van der Waals surface area contributed by atoms with Gasteiger partial charge in [-0.05, 0) is 12.1 Å². The molecule has 0 aliphatic carbocycles. The average molecular weight is 229 g/mol. The second-order valence-corrected chi connectivity index (χ2v) is 3.31. The summed E-state index contributed by atoms with van der Waals surface area (Å²) in [5.74, 6) is 1.41. The fourth-order valence-corrected chi connectivity index (χ4v) is 1.20. The van der Waals surface area contributed by atoms with Crippen LogP contribution in [0.3, 0.4) is 0 Å². The van der Waals surface area contributed by atoms with Gasteiger partial charge in [0.2, 0.25) is 0 Å². The van der Waals surface area contributed by atoms with Crippen LogP contribution in [0.2, 0.25) is 0 Å². The summed E-state index contributed by atoms with van der Waals surface area (Å²) in [5.41, 5.74) is 0. The van der Waals surface area contributed by atoms with Gasteiger partial charge in [-0.1, -0.05) is 0 Å². The van der Waals surface area contributed by atoms with Crippen LogP contribution in [-0.4, -0.2) is 38.6 Å². The molecule has 0 fully saturated rings. The van der Waals surface area contributed by atoms with Gasteiger partial charge in [0.15, 0.2) is 0 Å². The molecule has 2 N–H and O–H groups in total. The third-order valence-corrected chi connectivity index (χ3v) is 2.03. The Kier molecular flexibility index (Phi) is 6.83. The van der Waals surface area contributed by atoms with Crippen LogP contribution in [0.1, 0.15) is 11.5 Å². The third kappa shape index (κ3) is 5.27. The van der Waals surface area contributed by atoms with Crippen molar-refractivity contribution < 1.29 is 19.0 Å². The molecule has 0 aliphatic heterocycles. The number of ether oxygens (including phenoxy) is 2. The molecular weight excluding hydrogens is 210 g/mol. The van der Waals surface area contributed by atoms with Gasteiger partial charge in [0.1, 0.15) is 18.1 Å². The Bertz CT molecular complexity index is 275. The van der Waals surface area contributed by atoms with Crippen molar-refractivity contribution in [1.29, 1.82) is 0 Å². The monoisotopic (exact) mass is 229 g/mol. The number of hydrogen-bond donors (Lipinski definition) is 2. The molecule has 0 unspecified atom stereocenters. The summed E-state index contributed by atoms with van der Waals surface area (Å²) in [5, 5.41) is 12.0. The van der Waals surface area contributed by atoms with E-state index in [9.17, 15) is 0 Å². The first kappa shape index (κ1) is 13.2. The van der Waals surface area contributed by atoms with Crippen LogP contribution < -0.4 is 5.32 Å². The van der Waals surface area contributed by atoms with Gasteiger partial charge in [-0.15, -0.1) is 0 Å². The Morgan fingerprint density at radius 1 is 1.25 bits per heavy atom. The van der Waals surface area contributed by atoms with Gasteiger partial charge in [-0.2, -0.15) is 0 Å². The van der Waals surface area contributed by atoms with E-state index >= 15 is 0 Å². The molecule has 0 aromatic carbocycles. The van der Waals surface area contributed by atoms with Gasteiger partial charge in [0.05, 0.1) is 26.4 Å². The second-order valence-electron chi connectivity index (χ2n) is 3.31. The van der Waals surface area contributed by atoms with Crippen LogP contribution >= 0.6 is 0 Å². The topological polar surface area (TPSA) is 63.9 Å². The van der Waals surface area contributed by atoms with Crippen molar-refractivity contribution in [2.75, 3.05) is 33.5 Å². The van der Waals surface area contributed by atoms with Crippen LogP contribution in [0.25, 0.3) is 0 Å². The highest BCUT2D eigenvalue weighted by Gasteiger charge is 1.99. The molecule has 1 heterocycles. The number of methoxy groups -OCH3 is 1. The van der Waals surface area contributed by atoms with Gasteiger partial charge in [0.25, 0.3) is 0 Å². The van der Waals surface area contributed by atoms with E-state index in [0.29, 0.717) is 32.1 Å². The van der Waals surface area contributed by atoms with E-state index in [1.807, 2.05) is 6.07 Å². The molecule has 0 aliphatic rings. The summed E-state index contributed by atoms with van der Waals surface area (Å²) < 4.78 is 15.4. The molecular formula is C11H19NO4. The van der Waals surface area contributed by atoms with Crippen LogP contribution in [0, 0.1) is 0 Å². The maximum Gasteiger partial charge on any atom is 0.129 e. The zero-order valence-corrected chi connectivity index (χ0v) is 9.57. The highest BCUT2D eigenvalue weighted by Crippen LogP contribution is 2.06. The van der Waals surface area contributed by atoms with Gasteiger partial charge in [-0.25, -0.2) is 0 Å². The Labute approximate surface area is 95.4 Å². The molecule has 5 heteroatoms. The summed E-state index contributed by atoms with van der Waals surface area (Å²) in [6.07, 6.45) is 0. The predicted molar refractivity (Wildman–Crippen MR) is 59.0 cm³/mol. The van der Waals surface area contributed by atoms with E-state index in [4.69, 9.17) is 19.0 Å². The number of furan rings is 1.